The fraction of sp³-hybridized carbons (Fsp3) is 0.696. The van der Waals surface area contributed by atoms with E-state index in [1.165, 1.54) is 56.9 Å². The Morgan fingerprint density at radius 1 is 0.964 bits per heavy atom. The van der Waals surface area contributed by atoms with Crippen molar-refractivity contribution in [3.05, 3.63) is 41.7 Å². The summed E-state index contributed by atoms with van der Waals surface area (Å²) in [6, 6.07) is 11.8. The van der Waals surface area contributed by atoms with Crippen LogP contribution in [-0.2, 0) is 6.42 Å². The van der Waals surface area contributed by atoms with Gasteiger partial charge in [0, 0.05) is 0 Å². The van der Waals surface area contributed by atoms with Crippen LogP contribution < -0.4 is 0 Å². The molecule has 0 amide bonds. The summed E-state index contributed by atoms with van der Waals surface area (Å²) in [4.78, 5) is 2.65. The van der Waals surface area contributed by atoms with Crippen molar-refractivity contribution in [2.45, 2.75) is 77.3 Å². The number of likely N-dealkylation sites (tertiary alicyclic amines) is 1. The lowest BCUT2D eigenvalue weighted by molar-refractivity contribution is 0.0926. The molecule has 0 spiro atoms. The monoisotopic (exact) mass is 381 g/mol. The summed E-state index contributed by atoms with van der Waals surface area (Å²) in [5.74, 6) is 2.41. The average Bonchev–Trinajstić information content (AvgIpc) is 3.20. The van der Waals surface area contributed by atoms with E-state index in [1.807, 2.05) is 0 Å². The molecule has 2 heterocycles. The largest absolute Gasteiger partial charge is 0.293 e. The van der Waals surface area contributed by atoms with Crippen molar-refractivity contribution < 1.29 is 0 Å². The van der Waals surface area contributed by atoms with Crippen molar-refractivity contribution in [1.29, 1.82) is 0 Å². The van der Waals surface area contributed by atoms with Gasteiger partial charge >= 0.3 is 0 Å². The molecule has 5 nitrogen and oxygen atoms in total. The molecule has 1 aromatic carbocycles. The first-order valence-corrected chi connectivity index (χ1v) is 11.3. The fourth-order valence-corrected chi connectivity index (χ4v) is 5.25. The lowest BCUT2D eigenvalue weighted by Crippen LogP contribution is -2.40. The molecule has 5 heteroatoms. The van der Waals surface area contributed by atoms with E-state index < -0.39 is 0 Å². The predicted molar refractivity (Wildman–Crippen MR) is 112 cm³/mol. The third-order valence-corrected chi connectivity index (χ3v) is 6.74. The molecule has 4 rings (SSSR count). The predicted octanol–water partition coefficient (Wildman–Crippen LogP) is 4.83. The zero-order chi connectivity index (χ0) is 19.3. The highest BCUT2D eigenvalue weighted by molar-refractivity contribution is 5.15. The van der Waals surface area contributed by atoms with Crippen molar-refractivity contribution in [3.63, 3.8) is 0 Å². The highest BCUT2D eigenvalue weighted by atomic mass is 15.6. The molecule has 0 bridgehead atoms. The summed E-state index contributed by atoms with van der Waals surface area (Å²) in [5, 5.41) is 13.1. The van der Waals surface area contributed by atoms with E-state index >= 15 is 0 Å². The van der Waals surface area contributed by atoms with Gasteiger partial charge in [0.2, 0.25) is 0 Å². The number of tetrazole rings is 1. The van der Waals surface area contributed by atoms with Crippen LogP contribution in [0.2, 0.25) is 0 Å². The first-order chi connectivity index (χ1) is 13.7. The first kappa shape index (κ1) is 19.6. The first-order valence-electron chi connectivity index (χ1n) is 11.3. The number of benzene rings is 1. The van der Waals surface area contributed by atoms with E-state index in [0.29, 0.717) is 18.0 Å². The van der Waals surface area contributed by atoms with Crippen LogP contribution in [0.15, 0.2) is 30.3 Å². The van der Waals surface area contributed by atoms with Gasteiger partial charge in [-0.2, -0.15) is 0 Å². The number of aromatic nitrogens is 4. The van der Waals surface area contributed by atoms with Crippen LogP contribution in [-0.4, -0.2) is 38.2 Å². The maximum absolute atomic E-state index is 4.54. The number of hydrogen-bond acceptors (Lipinski definition) is 4. The van der Waals surface area contributed by atoms with Gasteiger partial charge in [0.1, 0.15) is 0 Å². The van der Waals surface area contributed by atoms with Crippen molar-refractivity contribution in [1.82, 2.24) is 25.1 Å². The Bertz CT molecular complexity index is 712. The summed E-state index contributed by atoms with van der Waals surface area (Å²) in [7, 11) is 0. The fourth-order valence-electron chi connectivity index (χ4n) is 5.25. The third kappa shape index (κ3) is 4.45. The normalized spacial score (nSPS) is 21.2. The van der Waals surface area contributed by atoms with E-state index in [-0.39, 0.29) is 0 Å². The molecule has 0 radical (unpaired) electrons. The average molecular weight is 382 g/mol. The van der Waals surface area contributed by atoms with Gasteiger partial charge in [0.25, 0.3) is 0 Å². The van der Waals surface area contributed by atoms with Gasteiger partial charge in [0.05, 0.1) is 12.1 Å². The summed E-state index contributed by atoms with van der Waals surface area (Å²) < 4.78 is 2.18. The minimum atomic E-state index is 0.328. The van der Waals surface area contributed by atoms with E-state index in [2.05, 4.69) is 69.3 Å². The summed E-state index contributed by atoms with van der Waals surface area (Å²) in [6.07, 6.45) is 10.2. The molecule has 1 aliphatic carbocycles. The second kappa shape index (κ2) is 9.17. The van der Waals surface area contributed by atoms with Gasteiger partial charge in [-0.05, 0) is 73.0 Å². The van der Waals surface area contributed by atoms with Crippen LogP contribution >= 0.6 is 0 Å². The Labute approximate surface area is 169 Å². The third-order valence-electron chi connectivity index (χ3n) is 6.74. The topological polar surface area (TPSA) is 46.8 Å². The van der Waals surface area contributed by atoms with Gasteiger partial charge in [0.15, 0.2) is 5.82 Å². The van der Waals surface area contributed by atoms with Crippen LogP contribution in [0.25, 0.3) is 0 Å². The Kier molecular flexibility index (Phi) is 6.40. The van der Waals surface area contributed by atoms with Gasteiger partial charge in [-0.1, -0.05) is 63.4 Å². The molecule has 152 valence electrons. The number of hydrogen-bond donors (Lipinski definition) is 0. The van der Waals surface area contributed by atoms with E-state index in [4.69, 9.17) is 0 Å². The molecule has 1 aliphatic heterocycles. The standard InChI is InChI=1S/C23H35N5/c1-18(2)22(23-24-25-26-28(23)21-11-7-4-8-12-21)27-15-13-20(14-16-27)17-19-9-5-3-6-10-19/h3,5-6,9-10,18,20-22H,4,7-8,11-17H2,1-2H3/t22-/m1/s1. The summed E-state index contributed by atoms with van der Waals surface area (Å²) >= 11 is 0. The Hall–Kier alpha value is -1.75. The maximum atomic E-state index is 4.54. The molecular weight excluding hydrogens is 346 g/mol. The highest BCUT2D eigenvalue weighted by Crippen LogP contribution is 2.35. The van der Waals surface area contributed by atoms with Crippen LogP contribution in [0.5, 0.6) is 0 Å². The van der Waals surface area contributed by atoms with Crippen LogP contribution in [0.1, 0.15) is 82.3 Å². The summed E-state index contributed by atoms with van der Waals surface area (Å²) in [6.45, 7) is 6.94. The van der Waals surface area contributed by atoms with E-state index in [0.717, 1.165) is 24.8 Å². The molecule has 0 N–H and O–H groups in total. The lowest BCUT2D eigenvalue weighted by Gasteiger charge is -2.39. The molecule has 1 atom stereocenters. The molecule has 0 unspecified atom stereocenters. The van der Waals surface area contributed by atoms with E-state index in [1.54, 1.807) is 0 Å². The van der Waals surface area contributed by atoms with Crippen molar-refractivity contribution >= 4 is 0 Å². The molecule has 1 saturated heterocycles. The van der Waals surface area contributed by atoms with Crippen LogP contribution in [0.4, 0.5) is 0 Å². The molecule has 2 aliphatic rings. The van der Waals surface area contributed by atoms with Crippen LogP contribution in [0.3, 0.4) is 0 Å². The second-order valence-electron chi connectivity index (χ2n) is 9.13. The quantitative estimate of drug-likeness (QED) is 0.719. The van der Waals surface area contributed by atoms with Gasteiger partial charge in [-0.3, -0.25) is 4.90 Å². The Morgan fingerprint density at radius 3 is 2.36 bits per heavy atom. The summed E-state index contributed by atoms with van der Waals surface area (Å²) in [5.41, 5.74) is 1.47. The SMILES string of the molecule is CC(C)[C@H](c1nnnn1C1CCCCC1)N1CCC(Cc2ccccc2)CC1. The second-order valence-corrected chi connectivity index (χ2v) is 9.13. The zero-order valence-corrected chi connectivity index (χ0v) is 17.5. The van der Waals surface area contributed by atoms with Crippen molar-refractivity contribution in [2.24, 2.45) is 11.8 Å². The molecule has 1 saturated carbocycles. The van der Waals surface area contributed by atoms with Gasteiger partial charge in [-0.25, -0.2) is 4.68 Å². The van der Waals surface area contributed by atoms with Crippen molar-refractivity contribution in [3.8, 4) is 0 Å². The molecular formula is C23H35N5. The molecule has 1 aromatic heterocycles. The maximum Gasteiger partial charge on any atom is 0.168 e. The smallest absolute Gasteiger partial charge is 0.168 e. The van der Waals surface area contributed by atoms with Crippen LogP contribution in [0, 0.1) is 11.8 Å². The lowest BCUT2D eigenvalue weighted by atomic mass is 9.88. The Balaban J connectivity index is 1.43. The molecule has 2 fully saturated rings. The van der Waals surface area contributed by atoms with Gasteiger partial charge < -0.3 is 0 Å². The van der Waals surface area contributed by atoms with Gasteiger partial charge in [-0.15, -0.1) is 5.10 Å². The highest BCUT2D eigenvalue weighted by Gasteiger charge is 2.33. The number of rotatable bonds is 6. The molecule has 28 heavy (non-hydrogen) atoms. The minimum absolute atomic E-state index is 0.328. The molecule has 2 aromatic rings. The zero-order valence-electron chi connectivity index (χ0n) is 17.5. The van der Waals surface area contributed by atoms with E-state index in [9.17, 15) is 0 Å². The minimum Gasteiger partial charge on any atom is -0.293 e. The van der Waals surface area contributed by atoms with Crippen molar-refractivity contribution in [2.75, 3.05) is 13.1 Å². The Morgan fingerprint density at radius 2 is 1.68 bits per heavy atom. The number of piperidine rings is 1. The number of nitrogens with zero attached hydrogens (tertiary/aromatic N) is 5.